The maximum atomic E-state index is 13.6. The summed E-state index contributed by atoms with van der Waals surface area (Å²) in [6.45, 7) is 0.0371. The van der Waals surface area contributed by atoms with Crippen molar-refractivity contribution in [1.29, 1.82) is 0 Å². The van der Waals surface area contributed by atoms with Crippen molar-refractivity contribution in [2.45, 2.75) is 17.7 Å². The van der Waals surface area contributed by atoms with E-state index in [4.69, 9.17) is 0 Å². The standard InChI is InChI=1S/C12H12F3NO3S/c13-9-3-4-10(12(15)11(9)14)20(18,19)16-5-1-2-8(6-16)7-17/h3-4,7-8H,1-2,5-6H2. The van der Waals surface area contributed by atoms with Gasteiger partial charge in [-0.15, -0.1) is 0 Å². The fraction of sp³-hybridized carbons (Fsp3) is 0.417. The van der Waals surface area contributed by atoms with Gasteiger partial charge in [0, 0.05) is 19.0 Å². The van der Waals surface area contributed by atoms with Crippen molar-refractivity contribution in [2.75, 3.05) is 13.1 Å². The Labute approximate surface area is 114 Å². The summed E-state index contributed by atoms with van der Waals surface area (Å²) in [5.74, 6) is -5.48. The Bertz CT molecular complexity index is 633. The fourth-order valence-corrected chi connectivity index (χ4v) is 3.74. The number of nitrogens with zero attached hydrogens (tertiary/aromatic N) is 1. The molecular weight excluding hydrogens is 295 g/mol. The number of piperidine rings is 1. The molecule has 0 saturated carbocycles. The minimum Gasteiger partial charge on any atom is -0.303 e. The first-order valence-corrected chi connectivity index (χ1v) is 7.41. The summed E-state index contributed by atoms with van der Waals surface area (Å²) in [4.78, 5) is 9.82. The van der Waals surface area contributed by atoms with Gasteiger partial charge in [-0.05, 0) is 25.0 Å². The van der Waals surface area contributed by atoms with Crippen molar-refractivity contribution in [2.24, 2.45) is 5.92 Å². The monoisotopic (exact) mass is 307 g/mol. The minimum atomic E-state index is -4.28. The number of benzene rings is 1. The molecular formula is C12H12F3NO3S. The highest BCUT2D eigenvalue weighted by molar-refractivity contribution is 7.89. The molecule has 1 fully saturated rings. The van der Waals surface area contributed by atoms with E-state index in [-0.39, 0.29) is 13.1 Å². The number of halogens is 3. The van der Waals surface area contributed by atoms with Crippen LogP contribution in [0.4, 0.5) is 13.2 Å². The Morgan fingerprint density at radius 2 is 1.90 bits per heavy atom. The van der Waals surface area contributed by atoms with Crippen molar-refractivity contribution in [1.82, 2.24) is 4.31 Å². The summed E-state index contributed by atoms with van der Waals surface area (Å²) in [6.07, 6.45) is 1.65. The van der Waals surface area contributed by atoms with Crippen molar-refractivity contribution in [3.63, 3.8) is 0 Å². The van der Waals surface area contributed by atoms with E-state index in [2.05, 4.69) is 0 Å². The first-order chi connectivity index (χ1) is 9.37. The van der Waals surface area contributed by atoms with E-state index in [1.54, 1.807) is 0 Å². The van der Waals surface area contributed by atoms with Gasteiger partial charge >= 0.3 is 0 Å². The summed E-state index contributed by atoms with van der Waals surface area (Å²) < 4.78 is 64.9. The third kappa shape index (κ3) is 2.57. The largest absolute Gasteiger partial charge is 0.303 e. The molecule has 8 heteroatoms. The molecule has 110 valence electrons. The predicted octanol–water partition coefficient (Wildman–Crippen LogP) is 1.70. The van der Waals surface area contributed by atoms with E-state index in [9.17, 15) is 26.4 Å². The molecule has 1 aromatic rings. The van der Waals surface area contributed by atoms with Gasteiger partial charge in [-0.2, -0.15) is 4.31 Å². The average molecular weight is 307 g/mol. The number of sulfonamides is 1. The molecule has 0 N–H and O–H groups in total. The Kier molecular flexibility index (Phi) is 4.14. The number of carbonyl (C=O) groups is 1. The average Bonchev–Trinajstić information content (AvgIpc) is 2.44. The molecule has 0 spiro atoms. The van der Waals surface area contributed by atoms with Crippen molar-refractivity contribution in [3.05, 3.63) is 29.6 Å². The van der Waals surface area contributed by atoms with Crippen molar-refractivity contribution < 1.29 is 26.4 Å². The number of carbonyl (C=O) groups excluding carboxylic acids is 1. The lowest BCUT2D eigenvalue weighted by atomic mass is 10.0. The highest BCUT2D eigenvalue weighted by Crippen LogP contribution is 2.26. The molecule has 2 rings (SSSR count). The van der Waals surface area contributed by atoms with Crippen LogP contribution in [0.2, 0.25) is 0 Å². The van der Waals surface area contributed by atoms with Crippen LogP contribution >= 0.6 is 0 Å². The number of hydrogen-bond acceptors (Lipinski definition) is 3. The van der Waals surface area contributed by atoms with Gasteiger partial charge in [0.15, 0.2) is 17.5 Å². The summed E-state index contributed by atoms with van der Waals surface area (Å²) in [6, 6.07) is 1.25. The lowest BCUT2D eigenvalue weighted by molar-refractivity contribution is -0.112. The molecule has 4 nitrogen and oxygen atoms in total. The number of rotatable bonds is 3. The lowest BCUT2D eigenvalue weighted by Gasteiger charge is -2.29. The first kappa shape index (κ1) is 15.0. The zero-order valence-corrected chi connectivity index (χ0v) is 11.2. The third-order valence-electron chi connectivity index (χ3n) is 3.23. The Hall–Kier alpha value is -1.41. The quantitative estimate of drug-likeness (QED) is 0.631. The van der Waals surface area contributed by atoms with Crippen LogP contribution in [0.25, 0.3) is 0 Å². The van der Waals surface area contributed by atoms with E-state index in [0.29, 0.717) is 31.3 Å². The molecule has 1 aliphatic rings. The molecule has 0 aliphatic carbocycles. The minimum absolute atomic E-state index is 0.0791. The van der Waals surface area contributed by atoms with Crippen LogP contribution in [-0.2, 0) is 14.8 Å². The first-order valence-electron chi connectivity index (χ1n) is 5.97. The molecule has 0 bridgehead atoms. The van der Waals surface area contributed by atoms with Crippen molar-refractivity contribution >= 4 is 16.3 Å². The van der Waals surface area contributed by atoms with E-state index >= 15 is 0 Å². The van der Waals surface area contributed by atoms with Gasteiger partial charge in [0.25, 0.3) is 0 Å². The number of hydrogen-bond donors (Lipinski definition) is 0. The van der Waals surface area contributed by atoms with Gasteiger partial charge in [-0.3, -0.25) is 0 Å². The van der Waals surface area contributed by atoms with Gasteiger partial charge in [-0.25, -0.2) is 21.6 Å². The van der Waals surface area contributed by atoms with Gasteiger partial charge in [0.1, 0.15) is 11.2 Å². The summed E-state index contributed by atoms with van der Waals surface area (Å²) >= 11 is 0. The smallest absolute Gasteiger partial charge is 0.246 e. The predicted molar refractivity (Wildman–Crippen MR) is 63.9 cm³/mol. The maximum absolute atomic E-state index is 13.6. The molecule has 0 radical (unpaired) electrons. The van der Waals surface area contributed by atoms with E-state index < -0.39 is 38.3 Å². The molecule has 1 aliphatic heterocycles. The second-order valence-electron chi connectivity index (χ2n) is 4.57. The Morgan fingerprint density at radius 1 is 1.20 bits per heavy atom. The molecule has 0 aromatic heterocycles. The fourth-order valence-electron chi connectivity index (χ4n) is 2.15. The van der Waals surface area contributed by atoms with Gasteiger partial charge in [-0.1, -0.05) is 0 Å². The molecule has 1 saturated heterocycles. The van der Waals surface area contributed by atoms with E-state index in [1.807, 2.05) is 0 Å². The van der Waals surface area contributed by atoms with Crippen LogP contribution in [0.5, 0.6) is 0 Å². The number of aldehydes is 1. The third-order valence-corrected chi connectivity index (χ3v) is 5.11. The zero-order valence-electron chi connectivity index (χ0n) is 10.4. The molecule has 1 atom stereocenters. The van der Waals surface area contributed by atoms with Crippen LogP contribution in [-0.4, -0.2) is 32.1 Å². The highest BCUT2D eigenvalue weighted by Gasteiger charge is 2.33. The second kappa shape index (κ2) is 5.53. The summed E-state index contributed by atoms with van der Waals surface area (Å²) in [5, 5.41) is 0. The molecule has 1 unspecified atom stereocenters. The van der Waals surface area contributed by atoms with Crippen LogP contribution < -0.4 is 0 Å². The SMILES string of the molecule is O=CC1CCCN(S(=O)(=O)c2ccc(F)c(F)c2F)C1. The van der Waals surface area contributed by atoms with E-state index in [1.165, 1.54) is 0 Å². The molecule has 20 heavy (non-hydrogen) atoms. The van der Waals surface area contributed by atoms with Crippen LogP contribution in [0, 0.1) is 23.4 Å². The highest BCUT2D eigenvalue weighted by atomic mass is 32.2. The van der Waals surface area contributed by atoms with Gasteiger partial charge < -0.3 is 4.79 Å². The van der Waals surface area contributed by atoms with Gasteiger partial charge in [0.2, 0.25) is 10.0 Å². The lowest BCUT2D eigenvalue weighted by Crippen LogP contribution is -2.40. The Morgan fingerprint density at radius 3 is 2.55 bits per heavy atom. The van der Waals surface area contributed by atoms with Crippen LogP contribution in [0.1, 0.15) is 12.8 Å². The maximum Gasteiger partial charge on any atom is 0.246 e. The summed E-state index contributed by atoms with van der Waals surface area (Å²) in [7, 11) is -4.28. The molecule has 0 amide bonds. The van der Waals surface area contributed by atoms with Crippen LogP contribution in [0.15, 0.2) is 17.0 Å². The zero-order chi connectivity index (χ0) is 14.9. The Balaban J connectivity index is 2.40. The normalized spacial score (nSPS) is 20.9. The summed E-state index contributed by atoms with van der Waals surface area (Å²) in [5.41, 5.74) is 0. The second-order valence-corrected chi connectivity index (χ2v) is 6.48. The topological polar surface area (TPSA) is 54.5 Å². The van der Waals surface area contributed by atoms with Gasteiger partial charge in [0.05, 0.1) is 0 Å². The molecule has 1 heterocycles. The van der Waals surface area contributed by atoms with Crippen molar-refractivity contribution in [3.8, 4) is 0 Å². The molecule has 1 aromatic carbocycles. The van der Waals surface area contributed by atoms with E-state index in [0.717, 1.165) is 4.31 Å². The van der Waals surface area contributed by atoms with Crippen LogP contribution in [0.3, 0.4) is 0 Å².